The molecule has 3 aromatic rings. The van der Waals surface area contributed by atoms with Crippen LogP contribution in [0.3, 0.4) is 0 Å². The van der Waals surface area contributed by atoms with Crippen LogP contribution in [0.5, 0.6) is 0 Å². The van der Waals surface area contributed by atoms with E-state index in [-0.39, 0.29) is 6.71 Å². The molecule has 0 spiro atoms. The molecule has 0 saturated heterocycles. The largest absolute Gasteiger partial charge is 0.233 e. The van der Waals surface area contributed by atoms with E-state index in [1.165, 1.54) is 38.8 Å². The van der Waals surface area contributed by atoms with Gasteiger partial charge in [0.1, 0.15) is 0 Å². The minimum atomic E-state index is 0.216. The molecule has 0 atom stereocenters. The first-order valence-electron chi connectivity index (χ1n) is 14.7. The molecule has 0 unspecified atom stereocenters. The quantitative estimate of drug-likeness (QED) is 0.261. The molecule has 0 N–H and O–H groups in total. The first-order chi connectivity index (χ1) is 17.3. The minimum absolute atomic E-state index is 0.216. The third kappa shape index (κ3) is 6.24. The lowest BCUT2D eigenvalue weighted by atomic mass is 9.33. The fourth-order valence-electron chi connectivity index (χ4n) is 5.81. The van der Waals surface area contributed by atoms with Crippen LogP contribution in [0.4, 0.5) is 0 Å². The molecule has 37 heavy (non-hydrogen) atoms. The molecule has 0 aliphatic carbocycles. The predicted molar refractivity (Wildman–Crippen MR) is 169 cm³/mol. The zero-order chi connectivity index (χ0) is 27.6. The standard InChI is InChI=1S/C36H51B/c1-22(2)28-18-31(24(5)6)35(32(19-28)25(7)8)37(30-16-14-13-15-17-30)36-33(26(9)10)20-29(23(3)4)21-34(36)27(11)12/h13-27H,1-12H3/q-1. The molecule has 0 bridgehead atoms. The van der Waals surface area contributed by atoms with Crippen molar-refractivity contribution in [2.45, 2.75) is 119 Å². The Morgan fingerprint density at radius 1 is 0.405 bits per heavy atom. The number of benzene rings is 3. The summed E-state index contributed by atoms with van der Waals surface area (Å²) in [6, 6.07) is 21.4. The van der Waals surface area contributed by atoms with E-state index in [2.05, 4.69) is 138 Å². The molecule has 3 rings (SSSR count). The van der Waals surface area contributed by atoms with Crippen LogP contribution in [0.25, 0.3) is 0 Å². The summed E-state index contributed by atoms with van der Waals surface area (Å²) in [7, 11) is 0. The van der Waals surface area contributed by atoms with Crippen molar-refractivity contribution in [3.63, 3.8) is 0 Å². The van der Waals surface area contributed by atoms with Crippen LogP contribution >= 0.6 is 0 Å². The summed E-state index contributed by atoms with van der Waals surface area (Å²) in [5.41, 5.74) is 13.5. The smallest absolute Gasteiger partial charge is 0.0219 e. The van der Waals surface area contributed by atoms with Gasteiger partial charge in [0, 0.05) is 0 Å². The molecular weight excluding hydrogens is 443 g/mol. The lowest BCUT2D eigenvalue weighted by Crippen LogP contribution is -2.57. The Kier molecular flexibility index (Phi) is 9.54. The molecule has 0 amide bonds. The third-order valence-corrected chi connectivity index (χ3v) is 8.06. The van der Waals surface area contributed by atoms with Gasteiger partial charge in [0.25, 0.3) is 0 Å². The molecular formula is C36H51B-. The first kappa shape index (κ1) is 29.3. The SMILES string of the molecule is CC(C)c1cc(C(C)C)c([B-](c2ccccc2)c2c(C(C)C)cc(C(C)C)cc2C(C)C)c(C(C)C)c1. The second-order valence-electron chi connectivity index (χ2n) is 13.0. The Morgan fingerprint density at radius 2 is 0.703 bits per heavy atom. The van der Waals surface area contributed by atoms with Gasteiger partial charge in [-0.1, -0.05) is 160 Å². The highest BCUT2D eigenvalue weighted by Gasteiger charge is 2.23. The number of hydrogen-bond acceptors (Lipinski definition) is 0. The van der Waals surface area contributed by atoms with Gasteiger partial charge in [-0.3, -0.25) is 0 Å². The van der Waals surface area contributed by atoms with E-state index < -0.39 is 0 Å². The monoisotopic (exact) mass is 494 g/mol. The second-order valence-corrected chi connectivity index (χ2v) is 13.0. The average Bonchev–Trinajstić information content (AvgIpc) is 2.83. The summed E-state index contributed by atoms with van der Waals surface area (Å²) in [5.74, 6) is 2.85. The van der Waals surface area contributed by atoms with Gasteiger partial charge in [-0.25, -0.2) is 16.4 Å². The van der Waals surface area contributed by atoms with Crippen LogP contribution in [-0.4, -0.2) is 6.71 Å². The summed E-state index contributed by atoms with van der Waals surface area (Å²) < 4.78 is 0. The Morgan fingerprint density at radius 3 is 0.946 bits per heavy atom. The summed E-state index contributed by atoms with van der Waals surface area (Å²) in [6.07, 6.45) is 0. The Labute approximate surface area is 229 Å². The topological polar surface area (TPSA) is 0 Å². The molecule has 3 aromatic carbocycles. The highest BCUT2D eigenvalue weighted by atomic mass is 14.2. The van der Waals surface area contributed by atoms with E-state index in [0.29, 0.717) is 35.5 Å². The zero-order valence-electron chi connectivity index (χ0n) is 25.7. The van der Waals surface area contributed by atoms with Crippen molar-refractivity contribution >= 4 is 23.1 Å². The highest BCUT2D eigenvalue weighted by Crippen LogP contribution is 2.30. The van der Waals surface area contributed by atoms with Crippen molar-refractivity contribution in [3.05, 3.63) is 88.0 Å². The number of hydrogen-bond donors (Lipinski definition) is 0. The number of rotatable bonds is 9. The molecule has 1 heteroatoms. The van der Waals surface area contributed by atoms with E-state index in [1.54, 1.807) is 10.9 Å². The maximum Gasteiger partial charge on any atom is -0.0219 e. The molecule has 0 nitrogen and oxygen atoms in total. The van der Waals surface area contributed by atoms with Crippen LogP contribution < -0.4 is 16.4 Å². The molecule has 0 aromatic heterocycles. The van der Waals surface area contributed by atoms with Crippen LogP contribution in [0.1, 0.15) is 152 Å². The van der Waals surface area contributed by atoms with Gasteiger partial charge >= 0.3 is 0 Å². The van der Waals surface area contributed by atoms with E-state index >= 15 is 0 Å². The third-order valence-electron chi connectivity index (χ3n) is 8.06. The van der Waals surface area contributed by atoms with Crippen molar-refractivity contribution < 1.29 is 0 Å². The van der Waals surface area contributed by atoms with Gasteiger partial charge in [0.15, 0.2) is 0 Å². The molecule has 1 radical (unpaired) electrons. The van der Waals surface area contributed by atoms with E-state index in [9.17, 15) is 0 Å². The Hall–Kier alpha value is -2.28. The van der Waals surface area contributed by atoms with Crippen LogP contribution in [-0.2, 0) is 0 Å². The van der Waals surface area contributed by atoms with E-state index in [1.807, 2.05) is 0 Å². The maximum atomic E-state index is 2.53. The molecule has 0 aliphatic heterocycles. The van der Waals surface area contributed by atoms with Gasteiger partial charge < -0.3 is 0 Å². The predicted octanol–water partition coefficient (Wildman–Crippen LogP) is 8.94. The molecule has 0 aliphatic rings. The van der Waals surface area contributed by atoms with Crippen molar-refractivity contribution in [1.82, 2.24) is 0 Å². The van der Waals surface area contributed by atoms with Gasteiger partial charge in [0.05, 0.1) is 0 Å². The fraction of sp³-hybridized carbons (Fsp3) is 0.500. The van der Waals surface area contributed by atoms with Crippen LogP contribution in [0.15, 0.2) is 54.6 Å². The lowest BCUT2D eigenvalue weighted by Gasteiger charge is -2.42. The normalized spacial score (nSPS) is 12.4. The van der Waals surface area contributed by atoms with Gasteiger partial charge in [-0.2, -0.15) is 0 Å². The molecule has 0 fully saturated rings. The lowest BCUT2D eigenvalue weighted by molar-refractivity contribution is 0.809. The summed E-state index contributed by atoms with van der Waals surface area (Å²) in [5, 5.41) is 0. The van der Waals surface area contributed by atoms with E-state index in [4.69, 9.17) is 0 Å². The summed E-state index contributed by atoms with van der Waals surface area (Å²) in [4.78, 5) is 0. The Bertz CT molecular complexity index is 1050. The summed E-state index contributed by atoms with van der Waals surface area (Å²) in [6.45, 7) is 28.6. The molecule has 0 saturated carbocycles. The Balaban J connectivity index is 2.58. The first-order valence-corrected chi connectivity index (χ1v) is 14.7. The van der Waals surface area contributed by atoms with Gasteiger partial charge in [-0.05, 0) is 53.3 Å². The van der Waals surface area contributed by atoms with Crippen LogP contribution in [0, 0.1) is 0 Å². The van der Waals surface area contributed by atoms with Crippen molar-refractivity contribution in [3.8, 4) is 0 Å². The van der Waals surface area contributed by atoms with Crippen molar-refractivity contribution in [1.29, 1.82) is 0 Å². The second kappa shape index (κ2) is 12.1. The van der Waals surface area contributed by atoms with Crippen LogP contribution in [0.2, 0.25) is 0 Å². The average molecular weight is 495 g/mol. The fourth-order valence-corrected chi connectivity index (χ4v) is 5.81. The zero-order valence-corrected chi connectivity index (χ0v) is 25.7. The van der Waals surface area contributed by atoms with Gasteiger partial charge in [0.2, 0.25) is 0 Å². The maximum absolute atomic E-state index is 2.53. The summed E-state index contributed by atoms with van der Waals surface area (Å²) >= 11 is 0. The molecule has 0 heterocycles. The van der Waals surface area contributed by atoms with E-state index in [0.717, 1.165) is 0 Å². The molecule has 199 valence electrons. The van der Waals surface area contributed by atoms with Crippen molar-refractivity contribution in [2.24, 2.45) is 0 Å². The highest BCUT2D eigenvalue weighted by molar-refractivity contribution is 6.96. The van der Waals surface area contributed by atoms with Gasteiger partial charge in [-0.15, -0.1) is 0 Å². The minimum Gasteiger partial charge on any atom is -0.233 e. The van der Waals surface area contributed by atoms with Crippen molar-refractivity contribution in [2.75, 3.05) is 0 Å².